The van der Waals surface area contributed by atoms with Gasteiger partial charge in [0.2, 0.25) is 0 Å². The Morgan fingerprint density at radius 2 is 2.00 bits per heavy atom. The summed E-state index contributed by atoms with van der Waals surface area (Å²) in [7, 11) is 0. The quantitative estimate of drug-likeness (QED) is 0.534. The van der Waals surface area contributed by atoms with Crippen molar-refractivity contribution in [2.24, 2.45) is 0 Å². The zero-order chi connectivity index (χ0) is 10.1. The highest BCUT2D eigenvalue weighted by Crippen LogP contribution is 2.19. The minimum atomic E-state index is 0.487. The molecular formula is C11H8OS2. The average molecular weight is 220 g/mol. The molecule has 1 aromatic heterocycles. The number of rotatable bonds is 1. The molecule has 0 amide bonds. The number of thiocarbonyl (C=S) groups is 1. The van der Waals surface area contributed by atoms with Crippen molar-refractivity contribution in [3.8, 4) is 0 Å². The summed E-state index contributed by atoms with van der Waals surface area (Å²) in [6.07, 6.45) is 0. The van der Waals surface area contributed by atoms with Crippen LogP contribution in [-0.2, 0) is 0 Å². The molecule has 0 aliphatic rings. The first-order valence-electron chi connectivity index (χ1n) is 4.22. The molecule has 0 bridgehead atoms. The van der Waals surface area contributed by atoms with Gasteiger partial charge in [0, 0.05) is 15.8 Å². The smallest absolute Gasteiger partial charge is 0.190 e. The second kappa shape index (κ2) is 3.59. The van der Waals surface area contributed by atoms with Gasteiger partial charge in [0.1, 0.15) is 5.58 Å². The molecule has 1 aromatic carbocycles. The van der Waals surface area contributed by atoms with Gasteiger partial charge in [-0.25, -0.2) is 0 Å². The number of para-hydroxylation sites is 1. The Morgan fingerprint density at radius 1 is 1.21 bits per heavy atom. The lowest BCUT2D eigenvalue weighted by molar-refractivity contribution is 0.586. The van der Waals surface area contributed by atoms with E-state index >= 15 is 0 Å². The van der Waals surface area contributed by atoms with Crippen molar-refractivity contribution in [3.05, 3.63) is 40.6 Å². The first kappa shape index (κ1) is 9.49. The molecule has 0 aliphatic heterocycles. The molecule has 0 saturated carbocycles. The molecule has 0 unspecified atom stereocenters. The monoisotopic (exact) mass is 220 g/mol. The van der Waals surface area contributed by atoms with Crippen LogP contribution in [0.5, 0.6) is 0 Å². The first-order chi connectivity index (χ1) is 6.68. The van der Waals surface area contributed by atoms with Gasteiger partial charge >= 0.3 is 0 Å². The van der Waals surface area contributed by atoms with Crippen LogP contribution in [0.2, 0.25) is 0 Å². The maximum Gasteiger partial charge on any atom is 0.190 e. The summed E-state index contributed by atoms with van der Waals surface area (Å²) in [5.74, 6) is 0. The van der Waals surface area contributed by atoms with E-state index < -0.39 is 0 Å². The zero-order valence-corrected chi connectivity index (χ0v) is 9.24. The van der Waals surface area contributed by atoms with Gasteiger partial charge in [0.25, 0.3) is 0 Å². The Labute approximate surface area is 92.4 Å². The highest BCUT2D eigenvalue weighted by molar-refractivity contribution is 7.80. The molecule has 2 rings (SSSR count). The summed E-state index contributed by atoms with van der Waals surface area (Å²) in [6.45, 7) is 1.88. The molecule has 0 fully saturated rings. The molecule has 70 valence electrons. The van der Waals surface area contributed by atoms with Crippen LogP contribution in [0.25, 0.3) is 11.0 Å². The summed E-state index contributed by atoms with van der Waals surface area (Å²) >= 11 is 10.1. The van der Waals surface area contributed by atoms with Gasteiger partial charge in [0.15, 0.2) is 4.71 Å². The lowest BCUT2D eigenvalue weighted by Gasteiger charge is -2.02. The highest BCUT2D eigenvalue weighted by atomic mass is 32.1. The zero-order valence-electron chi connectivity index (χ0n) is 7.61. The summed E-state index contributed by atoms with van der Waals surface area (Å²) in [4.78, 5) is 0.819. The van der Waals surface area contributed by atoms with Crippen molar-refractivity contribution >= 4 is 40.3 Å². The standard InChI is InChI=1S/C11H8OS2/c1-7(13)9-4-2-3-8-5-6-10(14)12-11(8)9/h2-6H,1H3. The van der Waals surface area contributed by atoms with E-state index in [0.29, 0.717) is 4.71 Å². The molecule has 0 saturated heterocycles. The van der Waals surface area contributed by atoms with Crippen molar-refractivity contribution in [1.82, 2.24) is 0 Å². The lowest BCUT2D eigenvalue weighted by Crippen LogP contribution is -1.91. The van der Waals surface area contributed by atoms with Crippen LogP contribution in [0, 0.1) is 4.71 Å². The minimum absolute atomic E-state index is 0.487. The van der Waals surface area contributed by atoms with E-state index in [0.717, 1.165) is 21.4 Å². The van der Waals surface area contributed by atoms with Gasteiger partial charge in [-0.3, -0.25) is 0 Å². The molecule has 1 heterocycles. The molecule has 14 heavy (non-hydrogen) atoms. The minimum Gasteiger partial charge on any atom is -0.445 e. The van der Waals surface area contributed by atoms with Gasteiger partial charge in [0.05, 0.1) is 0 Å². The number of hydrogen-bond acceptors (Lipinski definition) is 3. The van der Waals surface area contributed by atoms with Crippen molar-refractivity contribution in [1.29, 1.82) is 0 Å². The molecule has 1 nitrogen and oxygen atoms in total. The van der Waals surface area contributed by atoms with Crippen molar-refractivity contribution in [3.63, 3.8) is 0 Å². The third kappa shape index (κ3) is 1.61. The molecule has 2 aromatic rings. The van der Waals surface area contributed by atoms with Gasteiger partial charge in [-0.2, -0.15) is 0 Å². The SMILES string of the molecule is CC(=S)c1cccc2ccc(=S)oc12. The molecule has 0 spiro atoms. The largest absolute Gasteiger partial charge is 0.445 e. The number of hydrogen-bond donors (Lipinski definition) is 0. The third-order valence-corrected chi connectivity index (χ3v) is 2.47. The number of benzene rings is 1. The van der Waals surface area contributed by atoms with E-state index in [1.54, 1.807) is 6.07 Å². The van der Waals surface area contributed by atoms with Crippen LogP contribution < -0.4 is 0 Å². The van der Waals surface area contributed by atoms with Gasteiger partial charge in [-0.05, 0) is 31.3 Å². The summed E-state index contributed by atoms with van der Waals surface area (Å²) in [5.41, 5.74) is 1.73. The fraction of sp³-hybridized carbons (Fsp3) is 0.0909. The summed E-state index contributed by atoms with van der Waals surface area (Å²) in [5, 5.41) is 1.03. The van der Waals surface area contributed by atoms with E-state index in [2.05, 4.69) is 0 Å². The topological polar surface area (TPSA) is 13.1 Å². The van der Waals surface area contributed by atoms with Crippen LogP contribution in [-0.4, -0.2) is 4.86 Å². The van der Waals surface area contributed by atoms with Crippen molar-refractivity contribution < 1.29 is 4.42 Å². The van der Waals surface area contributed by atoms with E-state index in [1.807, 2.05) is 31.2 Å². The van der Waals surface area contributed by atoms with E-state index in [4.69, 9.17) is 28.9 Å². The highest BCUT2D eigenvalue weighted by Gasteiger charge is 2.03. The molecule has 0 N–H and O–H groups in total. The molecule has 0 atom stereocenters. The van der Waals surface area contributed by atoms with Crippen LogP contribution in [0.1, 0.15) is 12.5 Å². The Hall–Kier alpha value is -1.06. The second-order valence-electron chi connectivity index (χ2n) is 3.03. The van der Waals surface area contributed by atoms with E-state index in [-0.39, 0.29) is 0 Å². The fourth-order valence-electron chi connectivity index (χ4n) is 1.37. The van der Waals surface area contributed by atoms with Crippen LogP contribution in [0.3, 0.4) is 0 Å². The number of fused-ring (bicyclic) bond motifs is 1. The van der Waals surface area contributed by atoms with E-state index in [9.17, 15) is 0 Å². The third-order valence-electron chi connectivity index (χ3n) is 2.03. The molecular weight excluding hydrogens is 212 g/mol. The maximum absolute atomic E-state index is 5.48. The van der Waals surface area contributed by atoms with Crippen LogP contribution >= 0.6 is 24.4 Å². The summed E-state index contributed by atoms with van der Waals surface area (Å²) in [6, 6.07) is 9.62. The molecule has 0 aliphatic carbocycles. The predicted octanol–water partition coefficient (Wildman–Crippen LogP) is 3.90. The lowest BCUT2D eigenvalue weighted by atomic mass is 10.1. The van der Waals surface area contributed by atoms with Crippen molar-refractivity contribution in [2.45, 2.75) is 6.92 Å². The fourth-order valence-corrected chi connectivity index (χ4v) is 1.68. The maximum atomic E-state index is 5.48. The normalized spacial score (nSPS) is 10.4. The van der Waals surface area contributed by atoms with Gasteiger partial charge in [-0.1, -0.05) is 30.4 Å². The molecule has 0 radical (unpaired) electrons. The second-order valence-corrected chi connectivity index (χ2v) is 4.05. The summed E-state index contributed by atoms with van der Waals surface area (Å²) < 4.78 is 5.97. The van der Waals surface area contributed by atoms with Crippen LogP contribution in [0.4, 0.5) is 0 Å². The first-order valence-corrected chi connectivity index (χ1v) is 5.04. The molecule has 3 heteroatoms. The Bertz CT molecular complexity index is 554. The van der Waals surface area contributed by atoms with Gasteiger partial charge < -0.3 is 4.42 Å². The van der Waals surface area contributed by atoms with Gasteiger partial charge in [-0.15, -0.1) is 0 Å². The Balaban J connectivity index is 2.91. The Kier molecular flexibility index (Phi) is 2.44. The van der Waals surface area contributed by atoms with E-state index in [1.165, 1.54) is 0 Å². The predicted molar refractivity (Wildman–Crippen MR) is 64.4 cm³/mol. The van der Waals surface area contributed by atoms with Crippen molar-refractivity contribution in [2.75, 3.05) is 0 Å². The Morgan fingerprint density at radius 3 is 2.71 bits per heavy atom. The average Bonchev–Trinajstić information content (AvgIpc) is 2.16. The van der Waals surface area contributed by atoms with Crippen LogP contribution in [0.15, 0.2) is 34.7 Å².